The minimum absolute atomic E-state index is 0.179. The van der Waals surface area contributed by atoms with E-state index in [1.54, 1.807) is 20.1 Å². The normalized spacial score (nSPS) is 15.9. The zero-order chi connectivity index (χ0) is 21.0. The van der Waals surface area contributed by atoms with Crippen LogP contribution in [0.4, 0.5) is 5.69 Å². The van der Waals surface area contributed by atoms with Crippen molar-refractivity contribution in [1.82, 2.24) is 4.31 Å². The van der Waals surface area contributed by atoms with E-state index in [9.17, 15) is 18.5 Å². The summed E-state index contributed by atoms with van der Waals surface area (Å²) in [4.78, 5) is 10.5. The first-order valence-corrected chi connectivity index (χ1v) is 11.1. The third-order valence-electron chi connectivity index (χ3n) is 5.56. The van der Waals surface area contributed by atoms with Gasteiger partial charge in [-0.15, -0.1) is 0 Å². The number of sulfonamides is 1. The molecule has 7 nitrogen and oxygen atoms in total. The summed E-state index contributed by atoms with van der Waals surface area (Å²) >= 11 is 0. The molecule has 0 saturated carbocycles. The van der Waals surface area contributed by atoms with E-state index < -0.39 is 14.9 Å². The second-order valence-corrected chi connectivity index (χ2v) is 9.29. The average molecular weight is 419 g/mol. The lowest BCUT2D eigenvalue weighted by molar-refractivity contribution is -0.387. The van der Waals surface area contributed by atoms with Crippen molar-refractivity contribution < 1.29 is 18.1 Å². The molecular weight excluding hydrogens is 392 g/mol. The van der Waals surface area contributed by atoms with Crippen molar-refractivity contribution in [1.29, 1.82) is 0 Å². The van der Waals surface area contributed by atoms with Crippen molar-refractivity contribution in [3.63, 3.8) is 0 Å². The Morgan fingerprint density at radius 1 is 1.14 bits per heavy atom. The number of rotatable bonds is 7. The van der Waals surface area contributed by atoms with Crippen LogP contribution in [0, 0.1) is 23.0 Å². The van der Waals surface area contributed by atoms with Gasteiger partial charge in [0.15, 0.2) is 4.90 Å². The fraction of sp³-hybridized carbons (Fsp3) is 0.429. The highest BCUT2D eigenvalue weighted by Crippen LogP contribution is 2.33. The van der Waals surface area contributed by atoms with E-state index in [0.717, 1.165) is 31.4 Å². The summed E-state index contributed by atoms with van der Waals surface area (Å²) in [6.45, 7) is 2.38. The first kappa shape index (κ1) is 21.3. The molecule has 0 aliphatic carbocycles. The molecule has 0 unspecified atom stereocenters. The fourth-order valence-electron chi connectivity index (χ4n) is 3.85. The molecule has 8 heteroatoms. The predicted octanol–water partition coefficient (Wildman–Crippen LogP) is 3.95. The number of ether oxygens (including phenoxy) is 1. The predicted molar refractivity (Wildman–Crippen MR) is 111 cm³/mol. The Balaban J connectivity index is 1.63. The molecular formula is C21H26N2O5S. The van der Waals surface area contributed by atoms with Crippen molar-refractivity contribution >= 4 is 15.7 Å². The van der Waals surface area contributed by atoms with Crippen LogP contribution in [0.25, 0.3) is 0 Å². The molecule has 2 aromatic carbocycles. The van der Waals surface area contributed by atoms with E-state index >= 15 is 0 Å². The van der Waals surface area contributed by atoms with E-state index in [-0.39, 0.29) is 10.6 Å². The number of hydrogen-bond donors (Lipinski definition) is 0. The summed E-state index contributed by atoms with van der Waals surface area (Å²) in [5.74, 6) is 1.27. The second-order valence-electron chi connectivity index (χ2n) is 7.41. The molecule has 0 bridgehead atoms. The molecule has 1 fully saturated rings. The molecule has 1 saturated heterocycles. The maximum Gasteiger partial charge on any atom is 0.289 e. The highest BCUT2D eigenvalue weighted by Gasteiger charge is 2.35. The molecule has 0 aromatic heterocycles. The Morgan fingerprint density at radius 3 is 2.38 bits per heavy atom. The Hall–Kier alpha value is -2.45. The average Bonchev–Trinajstić information content (AvgIpc) is 2.72. The van der Waals surface area contributed by atoms with Gasteiger partial charge in [0.05, 0.1) is 12.0 Å². The molecule has 1 aliphatic heterocycles. The van der Waals surface area contributed by atoms with Gasteiger partial charge in [-0.2, -0.15) is 4.31 Å². The Kier molecular flexibility index (Phi) is 6.54. The largest absolute Gasteiger partial charge is 0.497 e. The Labute approximate surface area is 171 Å². The monoisotopic (exact) mass is 418 g/mol. The highest BCUT2D eigenvalue weighted by molar-refractivity contribution is 7.89. The van der Waals surface area contributed by atoms with E-state index in [4.69, 9.17) is 4.74 Å². The summed E-state index contributed by atoms with van der Waals surface area (Å²) in [5.41, 5.74) is 1.28. The SMILES string of the molecule is COc1ccc(CCC2CCN(S(=O)(=O)c3c(C)cccc3[N+](=O)[O-])CC2)cc1. The summed E-state index contributed by atoms with van der Waals surface area (Å²) < 4.78 is 32.7. The van der Waals surface area contributed by atoms with Crippen molar-refractivity contribution in [2.24, 2.45) is 5.92 Å². The number of methoxy groups -OCH3 is 1. The van der Waals surface area contributed by atoms with Crippen LogP contribution in [-0.4, -0.2) is 37.8 Å². The number of nitro groups is 1. The molecule has 0 N–H and O–H groups in total. The summed E-state index contributed by atoms with van der Waals surface area (Å²) in [6.07, 6.45) is 3.44. The van der Waals surface area contributed by atoms with Gasteiger partial charge in [0.25, 0.3) is 5.69 Å². The third-order valence-corrected chi connectivity index (χ3v) is 7.65. The van der Waals surface area contributed by atoms with Crippen molar-refractivity contribution in [2.45, 2.75) is 37.5 Å². The van der Waals surface area contributed by atoms with Gasteiger partial charge in [0, 0.05) is 19.2 Å². The summed E-state index contributed by atoms with van der Waals surface area (Å²) in [6, 6.07) is 12.4. The van der Waals surface area contributed by atoms with Crippen LogP contribution < -0.4 is 4.74 Å². The number of nitro benzene ring substituents is 1. The lowest BCUT2D eigenvalue weighted by Gasteiger charge is -2.31. The van der Waals surface area contributed by atoms with Crippen molar-refractivity contribution in [3.05, 3.63) is 63.7 Å². The summed E-state index contributed by atoms with van der Waals surface area (Å²) in [5, 5.41) is 11.3. The van der Waals surface area contributed by atoms with Crippen molar-refractivity contribution in [2.75, 3.05) is 20.2 Å². The molecule has 3 rings (SSSR count). The lowest BCUT2D eigenvalue weighted by Crippen LogP contribution is -2.39. The minimum Gasteiger partial charge on any atom is -0.497 e. The molecule has 0 amide bonds. The molecule has 1 heterocycles. The molecule has 29 heavy (non-hydrogen) atoms. The van der Waals surface area contributed by atoms with Crippen LogP contribution in [0.3, 0.4) is 0 Å². The Morgan fingerprint density at radius 2 is 1.79 bits per heavy atom. The Bertz CT molecular complexity index is 965. The van der Waals surface area contributed by atoms with E-state index in [1.165, 1.54) is 22.0 Å². The van der Waals surface area contributed by atoms with Gasteiger partial charge in [-0.1, -0.05) is 24.3 Å². The first-order valence-electron chi connectivity index (χ1n) is 9.70. The topological polar surface area (TPSA) is 89.8 Å². The zero-order valence-corrected chi connectivity index (χ0v) is 17.5. The number of nitrogens with zero attached hydrogens (tertiary/aromatic N) is 2. The molecule has 1 aliphatic rings. The second kappa shape index (κ2) is 8.92. The number of benzene rings is 2. The van der Waals surface area contributed by atoms with Gasteiger partial charge in [-0.3, -0.25) is 10.1 Å². The molecule has 0 radical (unpaired) electrons. The number of hydrogen-bond acceptors (Lipinski definition) is 5. The third kappa shape index (κ3) is 4.76. The van der Waals surface area contributed by atoms with Crippen LogP contribution in [-0.2, 0) is 16.4 Å². The standard InChI is InChI=1S/C21H26N2O5S/c1-16-4-3-5-20(23(24)25)21(16)29(26,27)22-14-12-18(13-15-22)7-6-17-8-10-19(28-2)11-9-17/h3-5,8-11,18H,6-7,12-15H2,1-2H3. The molecule has 0 atom stereocenters. The lowest BCUT2D eigenvalue weighted by atomic mass is 9.91. The van der Waals surface area contributed by atoms with Crippen LogP contribution in [0.2, 0.25) is 0 Å². The fourth-order valence-corrected chi connectivity index (χ4v) is 5.68. The van der Waals surface area contributed by atoms with E-state index in [0.29, 0.717) is 24.6 Å². The van der Waals surface area contributed by atoms with Crippen LogP contribution in [0.5, 0.6) is 5.75 Å². The van der Waals surface area contributed by atoms with Crippen LogP contribution >= 0.6 is 0 Å². The van der Waals surface area contributed by atoms with Gasteiger partial charge in [-0.05, 0) is 61.8 Å². The zero-order valence-electron chi connectivity index (χ0n) is 16.7. The quantitative estimate of drug-likeness (QED) is 0.502. The first-order chi connectivity index (χ1) is 13.8. The maximum absolute atomic E-state index is 13.1. The maximum atomic E-state index is 13.1. The van der Waals surface area contributed by atoms with Gasteiger partial charge < -0.3 is 4.74 Å². The van der Waals surface area contributed by atoms with Gasteiger partial charge in [0.1, 0.15) is 5.75 Å². The van der Waals surface area contributed by atoms with E-state index in [1.807, 2.05) is 12.1 Å². The molecule has 0 spiro atoms. The van der Waals surface area contributed by atoms with Gasteiger partial charge in [-0.25, -0.2) is 8.42 Å². The van der Waals surface area contributed by atoms with Crippen LogP contribution in [0.1, 0.15) is 30.4 Å². The van der Waals surface area contributed by atoms with Crippen molar-refractivity contribution in [3.8, 4) is 5.75 Å². The highest BCUT2D eigenvalue weighted by atomic mass is 32.2. The van der Waals surface area contributed by atoms with Crippen LogP contribution in [0.15, 0.2) is 47.4 Å². The smallest absolute Gasteiger partial charge is 0.289 e. The van der Waals surface area contributed by atoms with Gasteiger partial charge >= 0.3 is 0 Å². The number of aryl methyl sites for hydroxylation is 2. The number of piperidine rings is 1. The van der Waals surface area contributed by atoms with E-state index in [2.05, 4.69) is 12.1 Å². The molecule has 2 aromatic rings. The minimum atomic E-state index is -3.89. The van der Waals surface area contributed by atoms with Gasteiger partial charge in [0.2, 0.25) is 10.0 Å². The summed E-state index contributed by atoms with van der Waals surface area (Å²) in [7, 11) is -2.25. The molecule has 156 valence electrons.